The van der Waals surface area contributed by atoms with Crippen LogP contribution in [0.3, 0.4) is 0 Å². The Kier molecular flexibility index (Phi) is 5.95. The zero-order chi connectivity index (χ0) is 19.9. The fraction of sp³-hybridized carbons (Fsp3) is 0.211. The highest BCUT2D eigenvalue weighted by Crippen LogP contribution is 2.22. The van der Waals surface area contributed by atoms with Crippen LogP contribution in [-0.4, -0.2) is 33.5 Å². The number of benzene rings is 2. The molecule has 3 rings (SSSR count). The SMILES string of the molecule is O=C(CCn1cnc2ccccc2c1=O)NCCNc1ccccc1[N+](=O)[O-]. The van der Waals surface area contributed by atoms with Crippen LogP contribution in [0.15, 0.2) is 59.7 Å². The first-order chi connectivity index (χ1) is 13.6. The molecule has 1 heterocycles. The number of nitrogens with one attached hydrogen (secondary N) is 2. The second kappa shape index (κ2) is 8.76. The normalized spacial score (nSPS) is 10.6. The van der Waals surface area contributed by atoms with Gasteiger partial charge in [-0.15, -0.1) is 0 Å². The number of para-hydroxylation sites is 3. The predicted molar refractivity (Wildman–Crippen MR) is 105 cm³/mol. The Balaban J connectivity index is 1.47. The maximum atomic E-state index is 12.4. The number of anilines is 1. The largest absolute Gasteiger partial charge is 0.378 e. The third kappa shape index (κ3) is 4.50. The fourth-order valence-corrected chi connectivity index (χ4v) is 2.76. The molecule has 2 aromatic carbocycles. The van der Waals surface area contributed by atoms with Gasteiger partial charge in [0.25, 0.3) is 11.2 Å². The molecule has 144 valence electrons. The van der Waals surface area contributed by atoms with E-state index < -0.39 is 4.92 Å². The van der Waals surface area contributed by atoms with Crippen LogP contribution >= 0.6 is 0 Å². The van der Waals surface area contributed by atoms with Crippen molar-refractivity contribution in [3.05, 3.63) is 75.3 Å². The Bertz CT molecular complexity index is 1060. The molecule has 9 heteroatoms. The van der Waals surface area contributed by atoms with E-state index in [0.717, 1.165) is 0 Å². The molecule has 3 aromatic rings. The first kappa shape index (κ1) is 19.0. The zero-order valence-electron chi connectivity index (χ0n) is 15.0. The number of fused-ring (bicyclic) bond motifs is 1. The van der Waals surface area contributed by atoms with Gasteiger partial charge in [-0.3, -0.25) is 24.3 Å². The molecule has 0 unspecified atom stereocenters. The van der Waals surface area contributed by atoms with E-state index >= 15 is 0 Å². The second-order valence-electron chi connectivity index (χ2n) is 6.06. The van der Waals surface area contributed by atoms with Gasteiger partial charge in [0.15, 0.2) is 0 Å². The number of nitro benzene ring substituents is 1. The molecular weight excluding hydrogens is 362 g/mol. The van der Waals surface area contributed by atoms with Crippen LogP contribution < -0.4 is 16.2 Å². The first-order valence-electron chi connectivity index (χ1n) is 8.74. The van der Waals surface area contributed by atoms with Gasteiger partial charge in [-0.2, -0.15) is 0 Å². The minimum absolute atomic E-state index is 0.0167. The van der Waals surface area contributed by atoms with Crippen molar-refractivity contribution in [3.63, 3.8) is 0 Å². The van der Waals surface area contributed by atoms with Crippen LogP contribution in [0.5, 0.6) is 0 Å². The van der Waals surface area contributed by atoms with Crippen molar-refractivity contribution >= 4 is 28.2 Å². The van der Waals surface area contributed by atoms with Crippen LogP contribution in [0.1, 0.15) is 6.42 Å². The maximum absolute atomic E-state index is 12.4. The number of nitro groups is 1. The van der Waals surface area contributed by atoms with E-state index in [1.165, 1.54) is 17.0 Å². The van der Waals surface area contributed by atoms with E-state index in [0.29, 0.717) is 29.7 Å². The number of aryl methyl sites for hydroxylation is 1. The van der Waals surface area contributed by atoms with Crippen molar-refractivity contribution in [2.75, 3.05) is 18.4 Å². The van der Waals surface area contributed by atoms with E-state index in [9.17, 15) is 19.7 Å². The summed E-state index contributed by atoms with van der Waals surface area (Å²) in [7, 11) is 0. The highest BCUT2D eigenvalue weighted by Gasteiger charge is 2.11. The molecule has 1 amide bonds. The highest BCUT2D eigenvalue weighted by atomic mass is 16.6. The standard InChI is InChI=1S/C19H19N5O4/c25-18(21-11-10-20-16-7-3-4-8-17(16)24(27)28)9-12-23-13-22-15-6-2-1-5-14(15)19(23)26/h1-8,13,20H,9-12H2,(H,21,25). The molecular formula is C19H19N5O4. The zero-order valence-corrected chi connectivity index (χ0v) is 15.0. The fourth-order valence-electron chi connectivity index (χ4n) is 2.76. The number of nitrogens with zero attached hydrogens (tertiary/aromatic N) is 3. The van der Waals surface area contributed by atoms with Crippen molar-refractivity contribution < 1.29 is 9.72 Å². The number of rotatable bonds is 8. The predicted octanol–water partition coefficient (Wildman–Crippen LogP) is 1.92. The minimum atomic E-state index is -0.462. The lowest BCUT2D eigenvalue weighted by atomic mass is 10.2. The number of aromatic nitrogens is 2. The molecule has 0 fully saturated rings. The number of carbonyl (C=O) groups is 1. The van der Waals surface area contributed by atoms with Crippen molar-refractivity contribution in [1.29, 1.82) is 0 Å². The average molecular weight is 381 g/mol. The molecule has 0 spiro atoms. The van der Waals surface area contributed by atoms with Gasteiger partial charge in [0, 0.05) is 32.1 Å². The summed E-state index contributed by atoms with van der Waals surface area (Å²) in [6.07, 6.45) is 1.57. The van der Waals surface area contributed by atoms with Crippen LogP contribution in [0.4, 0.5) is 11.4 Å². The van der Waals surface area contributed by atoms with Gasteiger partial charge in [-0.1, -0.05) is 24.3 Å². The maximum Gasteiger partial charge on any atom is 0.292 e. The van der Waals surface area contributed by atoms with Crippen molar-refractivity contribution in [3.8, 4) is 0 Å². The molecule has 0 aliphatic carbocycles. The van der Waals surface area contributed by atoms with Gasteiger partial charge in [-0.25, -0.2) is 4.98 Å². The van der Waals surface area contributed by atoms with Crippen LogP contribution in [0.2, 0.25) is 0 Å². The van der Waals surface area contributed by atoms with Gasteiger partial charge in [0.1, 0.15) is 5.69 Å². The Morgan fingerprint density at radius 2 is 1.86 bits per heavy atom. The number of carbonyl (C=O) groups excluding carboxylic acids is 1. The average Bonchev–Trinajstić information content (AvgIpc) is 2.71. The summed E-state index contributed by atoms with van der Waals surface area (Å²) in [5.41, 5.74) is 0.818. The molecule has 0 bridgehead atoms. The quantitative estimate of drug-likeness (QED) is 0.350. The smallest absolute Gasteiger partial charge is 0.292 e. The summed E-state index contributed by atoms with van der Waals surface area (Å²) < 4.78 is 1.41. The van der Waals surface area contributed by atoms with E-state index in [1.54, 1.807) is 36.4 Å². The molecule has 0 atom stereocenters. The molecule has 0 aliphatic rings. The van der Waals surface area contributed by atoms with Crippen LogP contribution in [0.25, 0.3) is 10.9 Å². The van der Waals surface area contributed by atoms with Crippen LogP contribution in [0, 0.1) is 10.1 Å². The summed E-state index contributed by atoms with van der Waals surface area (Å²) in [6, 6.07) is 13.4. The molecule has 2 N–H and O–H groups in total. The van der Waals surface area contributed by atoms with E-state index in [1.807, 2.05) is 6.07 Å². The van der Waals surface area contributed by atoms with Crippen LogP contribution in [-0.2, 0) is 11.3 Å². The van der Waals surface area contributed by atoms with Gasteiger partial charge in [-0.05, 0) is 18.2 Å². The van der Waals surface area contributed by atoms with Gasteiger partial charge in [0.2, 0.25) is 5.91 Å². The Labute approximate surface area is 160 Å². The molecule has 1 aromatic heterocycles. The topological polar surface area (TPSA) is 119 Å². The summed E-state index contributed by atoms with van der Waals surface area (Å²) >= 11 is 0. The Morgan fingerprint density at radius 1 is 1.11 bits per heavy atom. The van der Waals surface area contributed by atoms with Crippen molar-refractivity contribution in [1.82, 2.24) is 14.9 Å². The van der Waals surface area contributed by atoms with Gasteiger partial charge < -0.3 is 10.6 Å². The van der Waals surface area contributed by atoms with Gasteiger partial charge in [0.05, 0.1) is 22.2 Å². The summed E-state index contributed by atoms with van der Waals surface area (Å²) in [4.78, 5) is 39.1. The summed E-state index contributed by atoms with van der Waals surface area (Å²) in [6.45, 7) is 0.865. The lowest BCUT2D eigenvalue weighted by Crippen LogP contribution is -2.31. The van der Waals surface area contributed by atoms with E-state index in [4.69, 9.17) is 0 Å². The summed E-state index contributed by atoms with van der Waals surface area (Å²) in [5.74, 6) is -0.218. The molecule has 0 radical (unpaired) electrons. The minimum Gasteiger partial charge on any atom is -0.378 e. The molecule has 28 heavy (non-hydrogen) atoms. The molecule has 0 aliphatic heterocycles. The third-order valence-corrected chi connectivity index (χ3v) is 4.17. The Morgan fingerprint density at radius 3 is 2.68 bits per heavy atom. The lowest BCUT2D eigenvalue weighted by molar-refractivity contribution is -0.384. The summed E-state index contributed by atoms with van der Waals surface area (Å²) in [5, 5.41) is 17.1. The molecule has 9 nitrogen and oxygen atoms in total. The van der Waals surface area contributed by atoms with E-state index in [2.05, 4.69) is 15.6 Å². The molecule has 0 saturated carbocycles. The van der Waals surface area contributed by atoms with E-state index in [-0.39, 0.29) is 30.1 Å². The first-order valence-corrected chi connectivity index (χ1v) is 8.74. The van der Waals surface area contributed by atoms with Gasteiger partial charge >= 0.3 is 0 Å². The number of hydrogen-bond donors (Lipinski definition) is 2. The van der Waals surface area contributed by atoms with Crippen molar-refractivity contribution in [2.24, 2.45) is 0 Å². The number of amides is 1. The number of hydrogen-bond acceptors (Lipinski definition) is 6. The van der Waals surface area contributed by atoms with Crippen molar-refractivity contribution in [2.45, 2.75) is 13.0 Å². The second-order valence-corrected chi connectivity index (χ2v) is 6.06. The monoisotopic (exact) mass is 381 g/mol. The molecule has 0 saturated heterocycles. The third-order valence-electron chi connectivity index (χ3n) is 4.17. The lowest BCUT2D eigenvalue weighted by Gasteiger charge is -2.09. The highest BCUT2D eigenvalue weighted by molar-refractivity contribution is 5.77. The Hall–Kier alpha value is -3.75.